The smallest absolute Gasteiger partial charge is 0.274 e. The zero-order valence-corrected chi connectivity index (χ0v) is 15.3. The highest BCUT2D eigenvalue weighted by Crippen LogP contribution is 2.41. The summed E-state index contributed by atoms with van der Waals surface area (Å²) in [4.78, 5) is 28.0. The van der Waals surface area contributed by atoms with Crippen molar-refractivity contribution < 1.29 is 9.59 Å². The van der Waals surface area contributed by atoms with Crippen LogP contribution in [0.25, 0.3) is 5.69 Å². The highest BCUT2D eigenvalue weighted by Gasteiger charge is 2.31. The molecule has 26 heavy (non-hydrogen) atoms. The van der Waals surface area contributed by atoms with Crippen molar-refractivity contribution in [1.82, 2.24) is 19.6 Å². The molecule has 6 nitrogen and oxygen atoms in total. The monoisotopic (exact) mass is 352 g/mol. The summed E-state index contributed by atoms with van der Waals surface area (Å²) in [5.41, 5.74) is 3.83. The fourth-order valence-corrected chi connectivity index (χ4v) is 3.45. The average Bonchev–Trinajstić information content (AvgIpc) is 3.40. The van der Waals surface area contributed by atoms with Crippen molar-refractivity contribution in [1.29, 1.82) is 0 Å². The van der Waals surface area contributed by atoms with Crippen LogP contribution in [0, 0.1) is 6.92 Å². The summed E-state index contributed by atoms with van der Waals surface area (Å²) >= 11 is 0. The van der Waals surface area contributed by atoms with Gasteiger partial charge in [-0.3, -0.25) is 9.59 Å². The van der Waals surface area contributed by atoms with Gasteiger partial charge in [0.1, 0.15) is 0 Å². The zero-order chi connectivity index (χ0) is 18.3. The van der Waals surface area contributed by atoms with E-state index in [1.165, 1.54) is 5.56 Å². The van der Waals surface area contributed by atoms with Crippen LogP contribution in [-0.4, -0.2) is 57.6 Å². The van der Waals surface area contributed by atoms with Crippen LogP contribution in [0.3, 0.4) is 0 Å². The van der Waals surface area contributed by atoms with E-state index in [1.54, 1.807) is 16.7 Å². The minimum absolute atomic E-state index is 0.0408. The quantitative estimate of drug-likeness (QED) is 0.852. The number of aryl methyl sites for hydroxylation is 1. The third-order valence-corrected chi connectivity index (χ3v) is 5.24. The zero-order valence-electron chi connectivity index (χ0n) is 15.3. The normalized spacial score (nSPS) is 17.5. The van der Waals surface area contributed by atoms with Crippen LogP contribution in [0.2, 0.25) is 0 Å². The topological polar surface area (TPSA) is 58.4 Å². The van der Waals surface area contributed by atoms with Crippen LogP contribution in [0.1, 0.15) is 47.4 Å². The lowest BCUT2D eigenvalue weighted by atomic mass is 10.2. The highest BCUT2D eigenvalue weighted by molar-refractivity contribution is 5.92. The highest BCUT2D eigenvalue weighted by atomic mass is 16.2. The maximum Gasteiger partial charge on any atom is 0.274 e. The first-order valence-corrected chi connectivity index (χ1v) is 9.25. The fourth-order valence-electron chi connectivity index (χ4n) is 3.45. The molecule has 136 valence electrons. The van der Waals surface area contributed by atoms with E-state index in [2.05, 4.69) is 24.2 Å². The van der Waals surface area contributed by atoms with E-state index >= 15 is 0 Å². The van der Waals surface area contributed by atoms with Gasteiger partial charge in [-0.05, 0) is 38.0 Å². The molecule has 1 saturated carbocycles. The standard InChI is InChI=1S/C20H24N4O2/c1-14-3-7-17(8-4-14)24-19(16-5-6-16)13-18(21-24)20(26)23-11-9-22(10-12-23)15(2)25/h3-4,7-8,13,16H,5-6,9-12H2,1-2H3. The number of benzene rings is 1. The van der Waals surface area contributed by atoms with Crippen LogP contribution < -0.4 is 0 Å². The number of nitrogens with zero attached hydrogens (tertiary/aromatic N) is 4. The lowest BCUT2D eigenvalue weighted by Crippen LogP contribution is -2.50. The Morgan fingerprint density at radius 2 is 1.62 bits per heavy atom. The third-order valence-electron chi connectivity index (χ3n) is 5.24. The summed E-state index contributed by atoms with van der Waals surface area (Å²) in [5, 5.41) is 4.65. The summed E-state index contributed by atoms with van der Waals surface area (Å²) in [6.45, 7) is 5.94. The van der Waals surface area contributed by atoms with Crippen molar-refractivity contribution in [3.05, 3.63) is 47.3 Å². The molecule has 6 heteroatoms. The molecule has 1 aliphatic carbocycles. The Bertz CT molecular complexity index is 828. The van der Waals surface area contributed by atoms with Gasteiger partial charge in [-0.1, -0.05) is 17.7 Å². The first kappa shape index (κ1) is 16.8. The predicted molar refractivity (Wildman–Crippen MR) is 98.4 cm³/mol. The number of carbonyl (C=O) groups excluding carboxylic acids is 2. The van der Waals surface area contributed by atoms with Crippen LogP contribution in [0.4, 0.5) is 0 Å². The molecule has 0 spiro atoms. The fraction of sp³-hybridized carbons (Fsp3) is 0.450. The van der Waals surface area contributed by atoms with Gasteiger partial charge in [0.05, 0.1) is 5.69 Å². The Labute approximate surface area is 153 Å². The van der Waals surface area contributed by atoms with Crippen LogP contribution in [0.15, 0.2) is 30.3 Å². The van der Waals surface area contributed by atoms with Crippen LogP contribution >= 0.6 is 0 Å². The number of carbonyl (C=O) groups is 2. The number of hydrogen-bond donors (Lipinski definition) is 0. The first-order chi connectivity index (χ1) is 12.5. The molecule has 0 N–H and O–H groups in total. The van der Waals surface area contributed by atoms with E-state index in [0.717, 1.165) is 24.2 Å². The van der Waals surface area contributed by atoms with Gasteiger partial charge < -0.3 is 9.80 Å². The molecule has 1 aromatic carbocycles. The molecular weight excluding hydrogens is 328 g/mol. The molecule has 2 aromatic rings. The van der Waals surface area contributed by atoms with E-state index < -0.39 is 0 Å². The Kier molecular flexibility index (Phi) is 4.26. The number of piperazine rings is 1. The Morgan fingerprint density at radius 3 is 2.19 bits per heavy atom. The molecule has 1 aliphatic heterocycles. The van der Waals surface area contributed by atoms with Crippen LogP contribution in [-0.2, 0) is 4.79 Å². The molecule has 0 radical (unpaired) electrons. The second-order valence-corrected chi connectivity index (χ2v) is 7.27. The van der Waals surface area contributed by atoms with E-state index in [9.17, 15) is 9.59 Å². The van der Waals surface area contributed by atoms with Crippen molar-refractivity contribution in [2.75, 3.05) is 26.2 Å². The molecule has 2 aliphatic rings. The van der Waals surface area contributed by atoms with Gasteiger partial charge >= 0.3 is 0 Å². The van der Waals surface area contributed by atoms with Gasteiger partial charge in [0.25, 0.3) is 5.91 Å². The molecule has 2 heterocycles. The van der Waals surface area contributed by atoms with E-state index in [-0.39, 0.29) is 11.8 Å². The Balaban J connectivity index is 1.57. The Hall–Kier alpha value is -2.63. The van der Waals surface area contributed by atoms with Gasteiger partial charge in [-0.25, -0.2) is 4.68 Å². The summed E-state index contributed by atoms with van der Waals surface area (Å²) in [6.07, 6.45) is 2.31. The SMILES string of the molecule is CC(=O)N1CCN(C(=O)c2cc(C3CC3)n(-c3ccc(C)cc3)n2)CC1. The van der Waals surface area contributed by atoms with Crippen molar-refractivity contribution in [2.45, 2.75) is 32.6 Å². The Morgan fingerprint density at radius 1 is 1.00 bits per heavy atom. The van der Waals surface area contributed by atoms with E-state index in [0.29, 0.717) is 37.8 Å². The molecule has 1 aromatic heterocycles. The van der Waals surface area contributed by atoms with Gasteiger partial charge in [0.15, 0.2) is 5.69 Å². The summed E-state index contributed by atoms with van der Waals surface area (Å²) in [6, 6.07) is 10.2. The van der Waals surface area contributed by atoms with Gasteiger partial charge in [0.2, 0.25) is 5.91 Å². The van der Waals surface area contributed by atoms with Crippen molar-refractivity contribution in [2.24, 2.45) is 0 Å². The molecule has 1 saturated heterocycles. The third kappa shape index (κ3) is 3.23. The lowest BCUT2D eigenvalue weighted by molar-refractivity contribution is -0.130. The van der Waals surface area contributed by atoms with Gasteiger partial charge in [-0.2, -0.15) is 5.10 Å². The molecule has 0 bridgehead atoms. The predicted octanol–water partition coefficient (Wildman–Crippen LogP) is 2.36. The minimum atomic E-state index is -0.0408. The van der Waals surface area contributed by atoms with Crippen LogP contribution in [0.5, 0.6) is 0 Å². The lowest BCUT2D eigenvalue weighted by Gasteiger charge is -2.33. The van der Waals surface area contributed by atoms with Crippen molar-refractivity contribution >= 4 is 11.8 Å². The summed E-state index contributed by atoms with van der Waals surface area (Å²) < 4.78 is 1.93. The molecule has 2 fully saturated rings. The molecule has 0 atom stereocenters. The van der Waals surface area contributed by atoms with E-state index in [1.807, 2.05) is 22.9 Å². The molecular formula is C20H24N4O2. The van der Waals surface area contributed by atoms with Crippen molar-refractivity contribution in [3.63, 3.8) is 0 Å². The van der Waals surface area contributed by atoms with Crippen molar-refractivity contribution in [3.8, 4) is 5.69 Å². The second kappa shape index (κ2) is 6.59. The number of amides is 2. The van der Waals surface area contributed by atoms with E-state index in [4.69, 9.17) is 0 Å². The van der Waals surface area contributed by atoms with Gasteiger partial charge in [0, 0.05) is 44.7 Å². The molecule has 4 rings (SSSR count). The number of rotatable bonds is 3. The summed E-state index contributed by atoms with van der Waals surface area (Å²) in [7, 11) is 0. The first-order valence-electron chi connectivity index (χ1n) is 9.25. The maximum absolute atomic E-state index is 12.9. The average molecular weight is 352 g/mol. The number of aromatic nitrogens is 2. The number of hydrogen-bond acceptors (Lipinski definition) is 3. The summed E-state index contributed by atoms with van der Waals surface area (Å²) in [5.74, 6) is 0.526. The second-order valence-electron chi connectivity index (χ2n) is 7.27. The maximum atomic E-state index is 12.9. The minimum Gasteiger partial charge on any atom is -0.339 e. The van der Waals surface area contributed by atoms with Gasteiger partial charge in [-0.15, -0.1) is 0 Å². The molecule has 2 amide bonds. The largest absolute Gasteiger partial charge is 0.339 e. The molecule has 0 unspecified atom stereocenters.